The Morgan fingerprint density at radius 1 is 1.05 bits per heavy atom. The summed E-state index contributed by atoms with van der Waals surface area (Å²) in [5.74, 6) is -0.466. The standard InChI is InChI=1S/C15H14N2O2/c1-10-4-5-11(2)12(8-10)13(18)9-14(19)15-16-6-3-7-17-15/h3-8H,9H2,1-2H3. The van der Waals surface area contributed by atoms with Gasteiger partial charge in [0.1, 0.15) is 0 Å². The molecular formula is C15H14N2O2. The van der Waals surface area contributed by atoms with Gasteiger partial charge in [0.25, 0.3) is 0 Å². The van der Waals surface area contributed by atoms with Gasteiger partial charge in [0.05, 0.1) is 6.42 Å². The molecule has 1 aromatic carbocycles. The minimum Gasteiger partial charge on any atom is -0.294 e. The van der Waals surface area contributed by atoms with Gasteiger partial charge in [-0.1, -0.05) is 17.7 Å². The van der Waals surface area contributed by atoms with Crippen molar-refractivity contribution in [3.63, 3.8) is 0 Å². The first-order valence-electron chi connectivity index (χ1n) is 5.98. The first kappa shape index (κ1) is 13.1. The third-order valence-corrected chi connectivity index (χ3v) is 2.83. The summed E-state index contributed by atoms with van der Waals surface area (Å²) < 4.78 is 0. The molecule has 0 amide bonds. The highest BCUT2D eigenvalue weighted by Crippen LogP contribution is 2.13. The molecule has 2 rings (SSSR count). The maximum atomic E-state index is 12.1. The number of hydrogen-bond acceptors (Lipinski definition) is 4. The van der Waals surface area contributed by atoms with Crippen LogP contribution in [0.4, 0.5) is 0 Å². The third-order valence-electron chi connectivity index (χ3n) is 2.83. The van der Waals surface area contributed by atoms with Gasteiger partial charge in [-0.05, 0) is 31.5 Å². The Kier molecular flexibility index (Phi) is 3.80. The van der Waals surface area contributed by atoms with Gasteiger partial charge in [0.15, 0.2) is 11.6 Å². The highest BCUT2D eigenvalue weighted by Gasteiger charge is 2.17. The maximum absolute atomic E-state index is 12.1. The first-order chi connectivity index (χ1) is 9.08. The van der Waals surface area contributed by atoms with Crippen LogP contribution in [0, 0.1) is 13.8 Å². The SMILES string of the molecule is Cc1ccc(C)c(C(=O)CC(=O)c2ncccn2)c1. The smallest absolute Gasteiger partial charge is 0.207 e. The quantitative estimate of drug-likeness (QED) is 0.621. The highest BCUT2D eigenvalue weighted by atomic mass is 16.1. The number of hydrogen-bond donors (Lipinski definition) is 0. The fourth-order valence-electron chi connectivity index (χ4n) is 1.80. The van der Waals surface area contributed by atoms with Crippen molar-refractivity contribution in [2.45, 2.75) is 20.3 Å². The van der Waals surface area contributed by atoms with Crippen molar-refractivity contribution in [1.82, 2.24) is 9.97 Å². The van der Waals surface area contributed by atoms with E-state index in [4.69, 9.17) is 0 Å². The molecule has 2 aromatic rings. The Balaban J connectivity index is 2.18. The highest BCUT2D eigenvalue weighted by molar-refractivity contribution is 6.12. The molecule has 0 N–H and O–H groups in total. The van der Waals surface area contributed by atoms with E-state index in [1.807, 2.05) is 26.0 Å². The van der Waals surface area contributed by atoms with E-state index in [1.54, 1.807) is 12.1 Å². The number of nitrogens with zero attached hydrogens (tertiary/aromatic N) is 2. The van der Waals surface area contributed by atoms with E-state index >= 15 is 0 Å². The van der Waals surface area contributed by atoms with Crippen LogP contribution in [0.15, 0.2) is 36.7 Å². The van der Waals surface area contributed by atoms with Crippen LogP contribution in [0.5, 0.6) is 0 Å². The lowest BCUT2D eigenvalue weighted by Gasteiger charge is -2.05. The second kappa shape index (κ2) is 5.52. The van der Waals surface area contributed by atoms with Crippen LogP contribution >= 0.6 is 0 Å². The Morgan fingerprint density at radius 3 is 2.42 bits per heavy atom. The normalized spacial score (nSPS) is 10.2. The molecule has 0 spiro atoms. The number of benzene rings is 1. The van der Waals surface area contributed by atoms with E-state index in [0.717, 1.165) is 11.1 Å². The van der Waals surface area contributed by atoms with E-state index < -0.39 is 0 Å². The van der Waals surface area contributed by atoms with E-state index in [-0.39, 0.29) is 23.8 Å². The lowest BCUT2D eigenvalue weighted by Crippen LogP contribution is -2.12. The van der Waals surface area contributed by atoms with Crippen LogP contribution in [0.1, 0.15) is 38.5 Å². The summed E-state index contributed by atoms with van der Waals surface area (Å²) in [4.78, 5) is 31.7. The summed E-state index contributed by atoms with van der Waals surface area (Å²) in [5.41, 5.74) is 2.46. The van der Waals surface area contributed by atoms with Crippen LogP contribution in [0.3, 0.4) is 0 Å². The van der Waals surface area contributed by atoms with Crippen molar-refractivity contribution in [3.8, 4) is 0 Å². The lowest BCUT2D eigenvalue weighted by molar-refractivity contribution is 0.0888. The number of rotatable bonds is 4. The Bertz CT molecular complexity index is 621. The summed E-state index contributed by atoms with van der Waals surface area (Å²) in [7, 11) is 0. The average molecular weight is 254 g/mol. The zero-order valence-electron chi connectivity index (χ0n) is 10.9. The second-order valence-corrected chi connectivity index (χ2v) is 4.41. The van der Waals surface area contributed by atoms with Gasteiger partial charge in [0, 0.05) is 18.0 Å². The Labute approximate surface area is 111 Å². The maximum Gasteiger partial charge on any atom is 0.207 e. The van der Waals surface area contributed by atoms with Crippen molar-refractivity contribution in [1.29, 1.82) is 0 Å². The summed E-state index contributed by atoms with van der Waals surface area (Å²) in [5, 5.41) is 0. The second-order valence-electron chi connectivity index (χ2n) is 4.41. The van der Waals surface area contributed by atoms with Gasteiger partial charge >= 0.3 is 0 Å². The summed E-state index contributed by atoms with van der Waals surface area (Å²) in [6, 6.07) is 7.25. The number of carbonyl (C=O) groups excluding carboxylic acids is 2. The molecule has 0 aliphatic heterocycles. The predicted octanol–water partition coefficient (Wildman–Crippen LogP) is 2.55. The molecule has 0 unspecified atom stereocenters. The van der Waals surface area contributed by atoms with Gasteiger partial charge in [0.2, 0.25) is 5.78 Å². The zero-order chi connectivity index (χ0) is 13.8. The van der Waals surface area contributed by atoms with Gasteiger partial charge in [-0.15, -0.1) is 0 Å². The van der Waals surface area contributed by atoms with Crippen LogP contribution in [-0.4, -0.2) is 21.5 Å². The molecule has 0 radical (unpaired) electrons. The molecule has 1 heterocycles. The first-order valence-corrected chi connectivity index (χ1v) is 5.98. The Hall–Kier alpha value is -2.36. The van der Waals surface area contributed by atoms with Crippen molar-refractivity contribution >= 4 is 11.6 Å². The third kappa shape index (κ3) is 3.10. The predicted molar refractivity (Wildman–Crippen MR) is 71.2 cm³/mol. The minimum atomic E-state index is -0.355. The largest absolute Gasteiger partial charge is 0.294 e. The lowest BCUT2D eigenvalue weighted by atomic mass is 9.99. The molecule has 19 heavy (non-hydrogen) atoms. The number of aryl methyl sites for hydroxylation is 2. The monoisotopic (exact) mass is 254 g/mol. The van der Waals surface area contributed by atoms with E-state index in [0.29, 0.717) is 5.56 Å². The molecule has 4 heteroatoms. The molecule has 1 aromatic heterocycles. The van der Waals surface area contributed by atoms with Gasteiger partial charge in [-0.2, -0.15) is 0 Å². The summed E-state index contributed by atoms with van der Waals surface area (Å²) in [6.07, 6.45) is 2.78. The number of ketones is 2. The fourth-order valence-corrected chi connectivity index (χ4v) is 1.80. The van der Waals surface area contributed by atoms with Gasteiger partial charge in [-0.25, -0.2) is 9.97 Å². The van der Waals surface area contributed by atoms with E-state index in [2.05, 4.69) is 9.97 Å². The summed E-state index contributed by atoms with van der Waals surface area (Å²) in [6.45, 7) is 3.77. The fraction of sp³-hybridized carbons (Fsp3) is 0.200. The molecule has 0 aliphatic carbocycles. The van der Waals surface area contributed by atoms with Crippen molar-refractivity contribution < 1.29 is 9.59 Å². The summed E-state index contributed by atoms with van der Waals surface area (Å²) >= 11 is 0. The van der Waals surface area contributed by atoms with Gasteiger partial charge in [-0.3, -0.25) is 9.59 Å². The van der Waals surface area contributed by atoms with Gasteiger partial charge < -0.3 is 0 Å². The average Bonchev–Trinajstić information content (AvgIpc) is 2.42. The zero-order valence-corrected chi connectivity index (χ0v) is 10.9. The molecule has 0 atom stereocenters. The number of aromatic nitrogens is 2. The van der Waals surface area contributed by atoms with Crippen molar-refractivity contribution in [2.24, 2.45) is 0 Å². The van der Waals surface area contributed by atoms with Crippen LogP contribution in [-0.2, 0) is 0 Å². The molecule has 0 bridgehead atoms. The molecule has 96 valence electrons. The van der Waals surface area contributed by atoms with E-state index in [1.165, 1.54) is 12.4 Å². The Morgan fingerprint density at radius 2 is 1.74 bits per heavy atom. The molecular weight excluding hydrogens is 240 g/mol. The number of Topliss-reactive ketones (excluding diaryl/α,β-unsaturated/α-hetero) is 2. The molecule has 0 saturated heterocycles. The topological polar surface area (TPSA) is 59.9 Å². The molecule has 0 aliphatic rings. The molecule has 0 fully saturated rings. The number of carbonyl (C=O) groups is 2. The van der Waals surface area contributed by atoms with Crippen LogP contribution < -0.4 is 0 Å². The van der Waals surface area contributed by atoms with Crippen LogP contribution in [0.2, 0.25) is 0 Å². The van der Waals surface area contributed by atoms with E-state index in [9.17, 15) is 9.59 Å². The minimum absolute atomic E-state index is 0.0844. The van der Waals surface area contributed by atoms with Crippen molar-refractivity contribution in [3.05, 3.63) is 59.2 Å². The molecule has 0 saturated carbocycles. The van der Waals surface area contributed by atoms with Crippen LogP contribution in [0.25, 0.3) is 0 Å². The molecule has 4 nitrogen and oxygen atoms in total. The van der Waals surface area contributed by atoms with Crippen molar-refractivity contribution in [2.75, 3.05) is 0 Å².